The van der Waals surface area contributed by atoms with Crippen LogP contribution in [-0.4, -0.2) is 11.5 Å². The highest BCUT2D eigenvalue weighted by Crippen LogP contribution is 2.27. The van der Waals surface area contributed by atoms with E-state index in [2.05, 4.69) is 27.2 Å². The van der Waals surface area contributed by atoms with Gasteiger partial charge in [-0.2, -0.15) is 0 Å². The highest BCUT2D eigenvalue weighted by Gasteiger charge is 2.11. The Morgan fingerprint density at radius 3 is 2.93 bits per heavy atom. The van der Waals surface area contributed by atoms with Crippen molar-refractivity contribution < 1.29 is 4.92 Å². The largest absolute Gasteiger partial charge is 0.374 e. The van der Waals surface area contributed by atoms with Crippen LogP contribution in [0.5, 0.6) is 0 Å². The van der Waals surface area contributed by atoms with Crippen LogP contribution in [-0.2, 0) is 0 Å². The van der Waals surface area contributed by atoms with E-state index in [-0.39, 0.29) is 5.69 Å². The van der Waals surface area contributed by atoms with Gasteiger partial charge < -0.3 is 5.32 Å². The summed E-state index contributed by atoms with van der Waals surface area (Å²) in [4.78, 5) is 10.1. The number of nitro benzene ring substituents is 1. The molecule has 0 unspecified atom stereocenters. The monoisotopic (exact) mass is 254 g/mol. The SMILES string of the molecule is C#CCNc1ccc(Br)c([N+](=O)[O-])c1. The van der Waals surface area contributed by atoms with Crippen molar-refractivity contribution in [3.8, 4) is 12.3 Å². The molecular formula is C9H7BrN2O2. The fourth-order valence-electron chi connectivity index (χ4n) is 0.916. The number of benzene rings is 1. The Kier molecular flexibility index (Phi) is 3.48. The minimum absolute atomic E-state index is 0.0204. The summed E-state index contributed by atoms with van der Waals surface area (Å²) < 4.78 is 0.453. The van der Waals surface area contributed by atoms with E-state index in [0.29, 0.717) is 16.7 Å². The molecule has 1 aromatic carbocycles. The van der Waals surface area contributed by atoms with Crippen molar-refractivity contribution in [2.45, 2.75) is 0 Å². The average molecular weight is 255 g/mol. The Hall–Kier alpha value is -1.54. The molecule has 0 amide bonds. The molecule has 0 heterocycles. The van der Waals surface area contributed by atoms with Crippen LogP contribution < -0.4 is 5.32 Å². The van der Waals surface area contributed by atoms with E-state index in [4.69, 9.17) is 6.42 Å². The molecule has 0 saturated heterocycles. The summed E-state index contributed by atoms with van der Waals surface area (Å²) in [7, 11) is 0. The predicted molar refractivity (Wildman–Crippen MR) is 58.1 cm³/mol. The summed E-state index contributed by atoms with van der Waals surface area (Å²) in [6.07, 6.45) is 5.05. The maximum Gasteiger partial charge on any atom is 0.285 e. The third kappa shape index (κ3) is 2.47. The quantitative estimate of drug-likeness (QED) is 0.512. The molecule has 0 fully saturated rings. The lowest BCUT2D eigenvalue weighted by atomic mass is 10.3. The van der Waals surface area contributed by atoms with E-state index >= 15 is 0 Å². The van der Waals surface area contributed by atoms with Gasteiger partial charge in [0.25, 0.3) is 5.69 Å². The van der Waals surface area contributed by atoms with E-state index in [9.17, 15) is 10.1 Å². The van der Waals surface area contributed by atoms with Gasteiger partial charge in [-0.05, 0) is 28.1 Å². The van der Waals surface area contributed by atoms with Crippen LogP contribution in [0.1, 0.15) is 0 Å². The summed E-state index contributed by atoms with van der Waals surface area (Å²) >= 11 is 3.09. The summed E-state index contributed by atoms with van der Waals surface area (Å²) in [5.41, 5.74) is 0.657. The molecule has 5 heteroatoms. The second kappa shape index (κ2) is 4.63. The summed E-state index contributed by atoms with van der Waals surface area (Å²) in [5, 5.41) is 13.4. The number of nitrogens with one attached hydrogen (secondary N) is 1. The number of terminal acetylenes is 1. The van der Waals surface area contributed by atoms with Gasteiger partial charge in [-0.25, -0.2) is 0 Å². The zero-order valence-electron chi connectivity index (χ0n) is 7.16. The first-order chi connectivity index (χ1) is 6.65. The van der Waals surface area contributed by atoms with Gasteiger partial charge in [0.05, 0.1) is 15.9 Å². The van der Waals surface area contributed by atoms with Gasteiger partial charge in [-0.1, -0.05) is 5.92 Å². The standard InChI is InChI=1S/C9H7BrN2O2/c1-2-5-11-7-3-4-8(10)9(6-7)12(13)14/h1,3-4,6,11H,5H2. The van der Waals surface area contributed by atoms with Crippen molar-refractivity contribution >= 4 is 27.3 Å². The van der Waals surface area contributed by atoms with E-state index < -0.39 is 4.92 Å². The predicted octanol–water partition coefficient (Wildman–Crippen LogP) is 2.40. The second-order valence-corrected chi connectivity index (χ2v) is 3.34. The van der Waals surface area contributed by atoms with Crippen LogP contribution in [0.3, 0.4) is 0 Å². The first-order valence-electron chi connectivity index (χ1n) is 3.76. The first-order valence-corrected chi connectivity index (χ1v) is 4.55. The molecule has 0 atom stereocenters. The molecule has 0 bridgehead atoms. The van der Waals surface area contributed by atoms with Gasteiger partial charge in [-0.15, -0.1) is 6.42 Å². The zero-order chi connectivity index (χ0) is 10.6. The molecule has 1 N–H and O–H groups in total. The number of hydrogen-bond acceptors (Lipinski definition) is 3. The molecule has 0 radical (unpaired) electrons. The van der Waals surface area contributed by atoms with Gasteiger partial charge in [0.15, 0.2) is 0 Å². The van der Waals surface area contributed by atoms with Gasteiger partial charge in [0.1, 0.15) is 0 Å². The summed E-state index contributed by atoms with van der Waals surface area (Å²) in [5.74, 6) is 2.39. The molecule has 0 aromatic heterocycles. The Morgan fingerprint density at radius 2 is 2.36 bits per heavy atom. The van der Waals surface area contributed by atoms with Crippen LogP contribution in [0.4, 0.5) is 11.4 Å². The molecule has 0 aliphatic heterocycles. The molecule has 14 heavy (non-hydrogen) atoms. The first kappa shape index (κ1) is 10.5. The lowest BCUT2D eigenvalue weighted by molar-refractivity contribution is -0.385. The van der Waals surface area contributed by atoms with Crippen molar-refractivity contribution in [1.82, 2.24) is 0 Å². The van der Waals surface area contributed by atoms with Crippen molar-refractivity contribution in [3.05, 3.63) is 32.8 Å². The minimum atomic E-state index is -0.453. The molecule has 72 valence electrons. The molecule has 1 rings (SSSR count). The number of nitrogens with zero attached hydrogens (tertiary/aromatic N) is 1. The van der Waals surface area contributed by atoms with E-state index in [1.165, 1.54) is 6.07 Å². The number of anilines is 1. The maximum atomic E-state index is 10.6. The van der Waals surface area contributed by atoms with Crippen LogP contribution >= 0.6 is 15.9 Å². The second-order valence-electron chi connectivity index (χ2n) is 2.48. The molecular weight excluding hydrogens is 248 g/mol. The molecule has 0 spiro atoms. The fraction of sp³-hybridized carbons (Fsp3) is 0.111. The number of halogens is 1. The van der Waals surface area contributed by atoms with E-state index in [1.54, 1.807) is 12.1 Å². The lowest BCUT2D eigenvalue weighted by Gasteiger charge is -2.02. The minimum Gasteiger partial charge on any atom is -0.374 e. The maximum absolute atomic E-state index is 10.6. The highest BCUT2D eigenvalue weighted by molar-refractivity contribution is 9.10. The molecule has 4 nitrogen and oxygen atoms in total. The van der Waals surface area contributed by atoms with Crippen molar-refractivity contribution in [3.63, 3.8) is 0 Å². The Morgan fingerprint density at radius 1 is 1.64 bits per heavy atom. The van der Waals surface area contributed by atoms with E-state index in [0.717, 1.165) is 0 Å². The smallest absolute Gasteiger partial charge is 0.285 e. The third-order valence-corrected chi connectivity index (χ3v) is 2.21. The molecule has 0 aliphatic rings. The third-order valence-electron chi connectivity index (χ3n) is 1.54. The van der Waals surface area contributed by atoms with Crippen LogP contribution in [0, 0.1) is 22.5 Å². The van der Waals surface area contributed by atoms with Crippen LogP contribution in [0.15, 0.2) is 22.7 Å². The van der Waals surface area contributed by atoms with Gasteiger partial charge in [0, 0.05) is 11.8 Å². The number of rotatable bonds is 3. The van der Waals surface area contributed by atoms with Crippen LogP contribution in [0.2, 0.25) is 0 Å². The molecule has 0 aliphatic carbocycles. The van der Waals surface area contributed by atoms with Gasteiger partial charge in [-0.3, -0.25) is 10.1 Å². The lowest BCUT2D eigenvalue weighted by Crippen LogP contribution is -1.99. The topological polar surface area (TPSA) is 55.2 Å². The van der Waals surface area contributed by atoms with Crippen molar-refractivity contribution in [2.75, 3.05) is 11.9 Å². The summed E-state index contributed by atoms with van der Waals surface area (Å²) in [6.45, 7) is 0.346. The van der Waals surface area contributed by atoms with Gasteiger partial charge >= 0.3 is 0 Å². The normalized spacial score (nSPS) is 9.14. The molecule has 1 aromatic rings. The number of nitro groups is 1. The molecule has 0 saturated carbocycles. The van der Waals surface area contributed by atoms with Crippen LogP contribution in [0.25, 0.3) is 0 Å². The highest BCUT2D eigenvalue weighted by atomic mass is 79.9. The van der Waals surface area contributed by atoms with E-state index in [1.807, 2.05) is 0 Å². The zero-order valence-corrected chi connectivity index (χ0v) is 8.74. The fourth-order valence-corrected chi connectivity index (χ4v) is 1.31. The Balaban J connectivity index is 2.96. The van der Waals surface area contributed by atoms with Crippen molar-refractivity contribution in [1.29, 1.82) is 0 Å². The van der Waals surface area contributed by atoms with Crippen molar-refractivity contribution in [2.24, 2.45) is 0 Å². The Bertz CT molecular complexity index is 398. The number of hydrogen-bond donors (Lipinski definition) is 1. The summed E-state index contributed by atoms with van der Waals surface area (Å²) in [6, 6.07) is 4.76. The van der Waals surface area contributed by atoms with Gasteiger partial charge in [0.2, 0.25) is 0 Å². The average Bonchev–Trinajstić information content (AvgIpc) is 2.16. The Labute approximate surface area is 89.6 Å².